The first-order valence-electron chi connectivity index (χ1n) is 4.83. The molecule has 2 N–H and O–H groups in total. The van der Waals surface area contributed by atoms with E-state index in [2.05, 4.69) is 15.0 Å². The molecule has 0 aliphatic carbocycles. The molecule has 0 aliphatic heterocycles. The van der Waals surface area contributed by atoms with Crippen molar-refractivity contribution in [3.63, 3.8) is 0 Å². The van der Waals surface area contributed by atoms with Gasteiger partial charge in [0.25, 0.3) is 0 Å². The number of aromatic nitrogens is 1. The number of aromatic carboxylic acids is 1. The van der Waals surface area contributed by atoms with Crippen molar-refractivity contribution in [3.05, 3.63) is 46.8 Å². The third kappa shape index (κ3) is 2.57. The highest BCUT2D eigenvalue weighted by molar-refractivity contribution is 6.34. The molecular formula is C11H9ClN2O3. The van der Waals surface area contributed by atoms with Gasteiger partial charge in [-0.15, -0.1) is 0 Å². The summed E-state index contributed by atoms with van der Waals surface area (Å²) in [4.78, 5) is 11.0. The maximum absolute atomic E-state index is 11.0. The number of benzene rings is 1. The highest BCUT2D eigenvalue weighted by Gasteiger charge is 2.14. The lowest BCUT2D eigenvalue weighted by molar-refractivity contribution is 0.0698. The maximum atomic E-state index is 11.0. The molecule has 1 aromatic heterocycles. The Morgan fingerprint density at radius 2 is 2.29 bits per heavy atom. The smallest absolute Gasteiger partial charge is 0.339 e. The van der Waals surface area contributed by atoms with Gasteiger partial charge in [-0.05, 0) is 12.1 Å². The molecule has 0 saturated carbocycles. The minimum Gasteiger partial charge on any atom is -0.478 e. The lowest BCUT2D eigenvalue weighted by atomic mass is 10.1. The van der Waals surface area contributed by atoms with E-state index in [-0.39, 0.29) is 10.6 Å². The number of rotatable bonds is 4. The van der Waals surface area contributed by atoms with E-state index in [1.807, 2.05) is 0 Å². The van der Waals surface area contributed by atoms with Crippen LogP contribution in [0.25, 0.3) is 0 Å². The number of carboxylic acid groups (broad SMARTS) is 1. The molecule has 1 aromatic carbocycles. The van der Waals surface area contributed by atoms with Crippen LogP contribution in [0.2, 0.25) is 5.02 Å². The zero-order valence-electron chi connectivity index (χ0n) is 8.68. The topological polar surface area (TPSA) is 75.4 Å². The number of hydrogen-bond acceptors (Lipinski definition) is 4. The summed E-state index contributed by atoms with van der Waals surface area (Å²) >= 11 is 5.83. The molecule has 2 rings (SSSR count). The van der Waals surface area contributed by atoms with Gasteiger partial charge >= 0.3 is 5.97 Å². The Balaban J connectivity index is 2.21. The normalized spacial score (nSPS) is 10.2. The van der Waals surface area contributed by atoms with E-state index >= 15 is 0 Å². The molecule has 0 radical (unpaired) electrons. The van der Waals surface area contributed by atoms with E-state index in [4.69, 9.17) is 16.7 Å². The average Bonchev–Trinajstić information content (AvgIpc) is 2.78. The average molecular weight is 253 g/mol. The van der Waals surface area contributed by atoms with Crippen molar-refractivity contribution in [2.24, 2.45) is 0 Å². The molecule has 5 nitrogen and oxygen atoms in total. The molecule has 17 heavy (non-hydrogen) atoms. The molecule has 2 aromatic rings. The van der Waals surface area contributed by atoms with Crippen LogP contribution < -0.4 is 5.32 Å². The van der Waals surface area contributed by atoms with Gasteiger partial charge in [0.05, 0.1) is 17.3 Å². The van der Waals surface area contributed by atoms with Crippen molar-refractivity contribution < 1.29 is 14.4 Å². The number of carboxylic acids is 1. The van der Waals surface area contributed by atoms with Crippen LogP contribution in [0.4, 0.5) is 5.69 Å². The largest absolute Gasteiger partial charge is 0.478 e. The van der Waals surface area contributed by atoms with Gasteiger partial charge in [-0.2, -0.15) is 0 Å². The van der Waals surface area contributed by atoms with Crippen LogP contribution in [0.3, 0.4) is 0 Å². The second-order valence-electron chi connectivity index (χ2n) is 3.31. The zero-order chi connectivity index (χ0) is 12.3. The first kappa shape index (κ1) is 11.5. The highest BCUT2D eigenvalue weighted by atomic mass is 35.5. The Kier molecular flexibility index (Phi) is 3.30. The highest BCUT2D eigenvalue weighted by Crippen LogP contribution is 2.24. The summed E-state index contributed by atoms with van der Waals surface area (Å²) in [5, 5.41) is 15.9. The standard InChI is InChI=1S/C11H9ClN2O3/c12-8-2-1-3-9(10(8)11(15)16)13-6-7-4-5-17-14-7/h1-5,13H,6H2,(H,15,16). The molecular weight excluding hydrogens is 244 g/mol. The van der Waals surface area contributed by atoms with E-state index < -0.39 is 5.97 Å². The summed E-state index contributed by atoms with van der Waals surface area (Å²) in [7, 11) is 0. The molecule has 0 bridgehead atoms. The molecule has 0 aliphatic rings. The lowest BCUT2D eigenvalue weighted by Gasteiger charge is -2.09. The van der Waals surface area contributed by atoms with E-state index in [0.717, 1.165) is 0 Å². The summed E-state index contributed by atoms with van der Waals surface area (Å²) in [6, 6.07) is 6.56. The number of nitrogens with zero attached hydrogens (tertiary/aromatic N) is 1. The Bertz CT molecular complexity index is 526. The fourth-order valence-electron chi connectivity index (χ4n) is 1.40. The Morgan fingerprint density at radius 3 is 2.94 bits per heavy atom. The monoisotopic (exact) mass is 252 g/mol. The molecule has 0 atom stereocenters. The molecule has 0 amide bonds. The van der Waals surface area contributed by atoms with Crippen molar-refractivity contribution in [3.8, 4) is 0 Å². The Labute approximate surface area is 102 Å². The summed E-state index contributed by atoms with van der Waals surface area (Å²) in [5.41, 5.74) is 1.19. The van der Waals surface area contributed by atoms with Gasteiger partial charge in [0, 0.05) is 6.07 Å². The maximum Gasteiger partial charge on any atom is 0.339 e. The first-order valence-corrected chi connectivity index (χ1v) is 5.21. The summed E-state index contributed by atoms with van der Waals surface area (Å²) in [6.07, 6.45) is 1.45. The van der Waals surface area contributed by atoms with E-state index in [0.29, 0.717) is 17.9 Å². The van der Waals surface area contributed by atoms with Crippen LogP contribution in [-0.2, 0) is 6.54 Å². The number of halogens is 1. The number of carbonyl (C=O) groups is 1. The van der Waals surface area contributed by atoms with Crippen LogP contribution in [0, 0.1) is 0 Å². The molecule has 0 fully saturated rings. The van der Waals surface area contributed by atoms with Gasteiger partial charge in [-0.1, -0.05) is 22.8 Å². The van der Waals surface area contributed by atoms with Crippen LogP contribution in [-0.4, -0.2) is 16.2 Å². The molecule has 6 heteroatoms. The number of nitrogens with one attached hydrogen (secondary N) is 1. The molecule has 88 valence electrons. The zero-order valence-corrected chi connectivity index (χ0v) is 9.44. The number of anilines is 1. The van der Waals surface area contributed by atoms with Gasteiger partial charge in [-0.25, -0.2) is 4.79 Å². The fourth-order valence-corrected chi connectivity index (χ4v) is 1.66. The minimum atomic E-state index is -1.07. The van der Waals surface area contributed by atoms with E-state index in [1.165, 1.54) is 12.3 Å². The second kappa shape index (κ2) is 4.88. The lowest BCUT2D eigenvalue weighted by Crippen LogP contribution is -2.07. The Morgan fingerprint density at radius 1 is 1.47 bits per heavy atom. The molecule has 0 saturated heterocycles. The minimum absolute atomic E-state index is 0.0534. The van der Waals surface area contributed by atoms with Crippen LogP contribution in [0.5, 0.6) is 0 Å². The Hall–Kier alpha value is -2.01. The van der Waals surface area contributed by atoms with Crippen molar-refractivity contribution in [1.29, 1.82) is 0 Å². The SMILES string of the molecule is O=C(O)c1c(Cl)cccc1NCc1ccon1. The molecule has 0 spiro atoms. The van der Waals surface area contributed by atoms with E-state index in [1.54, 1.807) is 18.2 Å². The fraction of sp³-hybridized carbons (Fsp3) is 0.0909. The molecule has 1 heterocycles. The van der Waals surface area contributed by atoms with Gasteiger partial charge in [0.1, 0.15) is 17.5 Å². The van der Waals surface area contributed by atoms with Crippen LogP contribution in [0.1, 0.15) is 16.1 Å². The van der Waals surface area contributed by atoms with Crippen molar-refractivity contribution in [1.82, 2.24) is 5.16 Å². The van der Waals surface area contributed by atoms with Crippen LogP contribution in [0.15, 0.2) is 35.1 Å². The predicted octanol–water partition coefficient (Wildman–Crippen LogP) is 2.64. The summed E-state index contributed by atoms with van der Waals surface area (Å²) in [6.45, 7) is 0.372. The number of hydrogen-bond donors (Lipinski definition) is 2. The summed E-state index contributed by atoms with van der Waals surface area (Å²) < 4.78 is 4.67. The van der Waals surface area contributed by atoms with Crippen molar-refractivity contribution >= 4 is 23.3 Å². The molecule has 0 unspecified atom stereocenters. The second-order valence-corrected chi connectivity index (χ2v) is 3.72. The first-order chi connectivity index (χ1) is 8.18. The third-order valence-electron chi connectivity index (χ3n) is 2.18. The van der Waals surface area contributed by atoms with Crippen molar-refractivity contribution in [2.75, 3.05) is 5.32 Å². The van der Waals surface area contributed by atoms with Gasteiger partial charge in [0.2, 0.25) is 0 Å². The van der Waals surface area contributed by atoms with Crippen molar-refractivity contribution in [2.45, 2.75) is 6.54 Å². The van der Waals surface area contributed by atoms with E-state index in [9.17, 15) is 4.79 Å². The predicted molar refractivity (Wildman–Crippen MR) is 62.2 cm³/mol. The van der Waals surface area contributed by atoms with Gasteiger partial charge < -0.3 is 14.9 Å². The summed E-state index contributed by atoms with van der Waals surface area (Å²) in [5.74, 6) is -1.07. The van der Waals surface area contributed by atoms with Gasteiger partial charge in [-0.3, -0.25) is 0 Å². The van der Waals surface area contributed by atoms with Gasteiger partial charge in [0.15, 0.2) is 0 Å². The third-order valence-corrected chi connectivity index (χ3v) is 2.49. The van der Waals surface area contributed by atoms with Crippen LogP contribution >= 0.6 is 11.6 Å². The quantitative estimate of drug-likeness (QED) is 0.875.